The van der Waals surface area contributed by atoms with Crippen LogP contribution in [0.3, 0.4) is 0 Å². The lowest BCUT2D eigenvalue weighted by Gasteiger charge is -2.22. The molecule has 0 spiro atoms. The molecule has 1 nitrogen and oxygen atoms in total. The number of hydrogen-bond donors (Lipinski definition) is 0. The lowest BCUT2D eigenvalue weighted by atomic mass is 10.1. The molecule has 0 heterocycles. The highest BCUT2D eigenvalue weighted by Crippen LogP contribution is 2.15. The van der Waals surface area contributed by atoms with Gasteiger partial charge in [0.15, 0.2) is 0 Å². The maximum absolute atomic E-state index is 3.55. The number of hydrogen-bond acceptors (Lipinski definition) is 1. The van der Waals surface area contributed by atoms with Crippen molar-refractivity contribution in [2.24, 2.45) is 0 Å². The number of benzene rings is 1. The normalized spacial score (nSPS) is 11.4. The summed E-state index contributed by atoms with van der Waals surface area (Å²) in [7, 11) is 0. The van der Waals surface area contributed by atoms with E-state index in [0.29, 0.717) is 0 Å². The molecule has 1 aromatic rings. The van der Waals surface area contributed by atoms with E-state index in [1.165, 1.54) is 113 Å². The van der Waals surface area contributed by atoms with E-state index >= 15 is 0 Å². The van der Waals surface area contributed by atoms with Gasteiger partial charge in [0.25, 0.3) is 0 Å². The largest absolute Gasteiger partial charge is 0.299 e. The van der Waals surface area contributed by atoms with Crippen LogP contribution in [0.4, 0.5) is 0 Å². The molecule has 0 aromatic heterocycles. The van der Waals surface area contributed by atoms with Gasteiger partial charge in [0, 0.05) is 11.0 Å². The predicted octanol–water partition coefficient (Wildman–Crippen LogP) is 8.75. The zero-order chi connectivity index (χ0) is 19.6. The van der Waals surface area contributed by atoms with Gasteiger partial charge >= 0.3 is 0 Å². The van der Waals surface area contributed by atoms with Gasteiger partial charge in [0.1, 0.15) is 0 Å². The maximum atomic E-state index is 3.55. The Hall–Kier alpha value is -0.340. The SMILES string of the molecule is CCCCCCCCCN(CCCCCCCCC)Cc1ccc(Br)cc1. The lowest BCUT2D eigenvalue weighted by Crippen LogP contribution is -2.25. The minimum Gasteiger partial charge on any atom is -0.299 e. The van der Waals surface area contributed by atoms with Crippen LogP contribution in [0, 0.1) is 0 Å². The van der Waals surface area contributed by atoms with Crippen LogP contribution in [0.15, 0.2) is 28.7 Å². The molecule has 0 aliphatic heterocycles. The predicted molar refractivity (Wildman–Crippen MR) is 125 cm³/mol. The molecule has 0 saturated heterocycles. The molecule has 1 aromatic carbocycles. The van der Waals surface area contributed by atoms with Gasteiger partial charge in [-0.1, -0.05) is 119 Å². The first-order valence-electron chi connectivity index (χ1n) is 11.7. The third-order valence-electron chi connectivity index (χ3n) is 5.48. The number of unbranched alkanes of at least 4 members (excludes halogenated alkanes) is 12. The summed E-state index contributed by atoms with van der Waals surface area (Å²) in [4.78, 5) is 2.70. The molecule has 0 N–H and O–H groups in total. The van der Waals surface area contributed by atoms with Gasteiger partial charge in [-0.25, -0.2) is 0 Å². The summed E-state index contributed by atoms with van der Waals surface area (Å²) in [6.07, 6.45) is 19.6. The highest BCUT2D eigenvalue weighted by molar-refractivity contribution is 9.10. The van der Waals surface area contributed by atoms with Crippen LogP contribution < -0.4 is 0 Å². The van der Waals surface area contributed by atoms with Gasteiger partial charge in [0.2, 0.25) is 0 Å². The topological polar surface area (TPSA) is 3.24 Å². The Balaban J connectivity index is 2.27. The number of nitrogens with zero attached hydrogens (tertiary/aromatic N) is 1. The molecule has 0 aliphatic carbocycles. The molecule has 0 radical (unpaired) electrons. The van der Waals surface area contributed by atoms with Gasteiger partial charge in [0.05, 0.1) is 0 Å². The Morgan fingerprint density at radius 2 is 1.00 bits per heavy atom. The van der Waals surface area contributed by atoms with E-state index in [9.17, 15) is 0 Å². The van der Waals surface area contributed by atoms with E-state index in [4.69, 9.17) is 0 Å². The van der Waals surface area contributed by atoms with E-state index in [1.807, 2.05) is 0 Å². The van der Waals surface area contributed by atoms with Crippen molar-refractivity contribution >= 4 is 15.9 Å². The maximum Gasteiger partial charge on any atom is 0.0233 e. The second-order valence-electron chi connectivity index (χ2n) is 8.15. The summed E-state index contributed by atoms with van der Waals surface area (Å²) in [5.74, 6) is 0. The van der Waals surface area contributed by atoms with Crippen LogP contribution >= 0.6 is 15.9 Å². The van der Waals surface area contributed by atoms with E-state index in [-0.39, 0.29) is 0 Å². The van der Waals surface area contributed by atoms with Crippen molar-refractivity contribution < 1.29 is 0 Å². The second kappa shape index (κ2) is 17.7. The standard InChI is InChI=1S/C25H44BrN/c1-3-5-7-9-11-13-15-21-27(22-16-14-12-10-8-6-4-2)23-24-17-19-25(26)20-18-24/h17-20H,3-16,21-23H2,1-2H3. The van der Waals surface area contributed by atoms with Crippen molar-refractivity contribution in [2.45, 2.75) is 110 Å². The smallest absolute Gasteiger partial charge is 0.0233 e. The molecule has 0 aliphatic rings. The van der Waals surface area contributed by atoms with Gasteiger partial charge in [-0.05, 0) is 43.6 Å². The van der Waals surface area contributed by atoms with Crippen LogP contribution in [0.5, 0.6) is 0 Å². The molecule has 0 atom stereocenters. The van der Waals surface area contributed by atoms with Crippen molar-refractivity contribution in [3.8, 4) is 0 Å². The third-order valence-corrected chi connectivity index (χ3v) is 6.00. The summed E-state index contributed by atoms with van der Waals surface area (Å²) >= 11 is 3.55. The van der Waals surface area contributed by atoms with E-state index < -0.39 is 0 Å². The molecule has 2 heteroatoms. The van der Waals surface area contributed by atoms with Gasteiger partial charge in [-0.15, -0.1) is 0 Å². The second-order valence-corrected chi connectivity index (χ2v) is 9.06. The third kappa shape index (κ3) is 14.3. The monoisotopic (exact) mass is 437 g/mol. The quantitative estimate of drug-likeness (QED) is 0.207. The van der Waals surface area contributed by atoms with Crippen molar-refractivity contribution in [2.75, 3.05) is 13.1 Å². The molecule has 0 amide bonds. The summed E-state index contributed by atoms with van der Waals surface area (Å²) in [5, 5.41) is 0. The Bertz CT molecular complexity index is 410. The molecule has 27 heavy (non-hydrogen) atoms. The molecule has 0 fully saturated rings. The van der Waals surface area contributed by atoms with E-state index in [0.717, 1.165) is 6.54 Å². The molecule has 0 unspecified atom stereocenters. The molecule has 0 bridgehead atoms. The minimum absolute atomic E-state index is 1.11. The van der Waals surface area contributed by atoms with Crippen molar-refractivity contribution in [3.63, 3.8) is 0 Å². The Kier molecular flexibility index (Phi) is 16.2. The average molecular weight is 439 g/mol. The first kappa shape index (κ1) is 24.7. The van der Waals surface area contributed by atoms with Crippen LogP contribution in [0.2, 0.25) is 0 Å². The van der Waals surface area contributed by atoms with Gasteiger partial charge < -0.3 is 0 Å². The number of halogens is 1. The van der Waals surface area contributed by atoms with Crippen LogP contribution in [-0.4, -0.2) is 18.0 Å². The highest BCUT2D eigenvalue weighted by Gasteiger charge is 2.06. The van der Waals surface area contributed by atoms with Crippen LogP contribution in [-0.2, 0) is 6.54 Å². The molecule has 0 saturated carbocycles. The Labute approximate surface area is 178 Å². The summed E-state index contributed by atoms with van der Waals surface area (Å²) in [6.45, 7) is 8.23. The molecular weight excluding hydrogens is 394 g/mol. The summed E-state index contributed by atoms with van der Waals surface area (Å²) in [6, 6.07) is 8.89. The Morgan fingerprint density at radius 3 is 1.44 bits per heavy atom. The minimum atomic E-state index is 1.11. The molecule has 1 rings (SSSR count). The van der Waals surface area contributed by atoms with Crippen LogP contribution in [0.25, 0.3) is 0 Å². The summed E-state index contributed by atoms with van der Waals surface area (Å²) in [5.41, 5.74) is 1.45. The zero-order valence-electron chi connectivity index (χ0n) is 18.2. The lowest BCUT2D eigenvalue weighted by molar-refractivity contribution is 0.252. The van der Waals surface area contributed by atoms with Crippen molar-refractivity contribution in [3.05, 3.63) is 34.3 Å². The molecule has 156 valence electrons. The fourth-order valence-corrected chi connectivity index (χ4v) is 3.97. The zero-order valence-corrected chi connectivity index (χ0v) is 19.7. The van der Waals surface area contributed by atoms with Crippen molar-refractivity contribution in [1.29, 1.82) is 0 Å². The van der Waals surface area contributed by atoms with E-state index in [2.05, 4.69) is 58.9 Å². The fourth-order valence-electron chi connectivity index (χ4n) is 3.70. The van der Waals surface area contributed by atoms with Gasteiger partial charge in [-0.3, -0.25) is 4.90 Å². The van der Waals surface area contributed by atoms with Crippen LogP contribution in [0.1, 0.15) is 109 Å². The molecular formula is C25H44BrN. The summed E-state index contributed by atoms with van der Waals surface area (Å²) < 4.78 is 1.18. The first-order valence-corrected chi connectivity index (χ1v) is 12.5. The average Bonchev–Trinajstić information content (AvgIpc) is 2.68. The van der Waals surface area contributed by atoms with E-state index in [1.54, 1.807) is 0 Å². The number of rotatable bonds is 18. The Morgan fingerprint density at radius 1 is 0.593 bits per heavy atom. The highest BCUT2D eigenvalue weighted by atomic mass is 79.9. The van der Waals surface area contributed by atoms with Crippen molar-refractivity contribution in [1.82, 2.24) is 4.90 Å². The first-order chi connectivity index (χ1) is 13.3. The fraction of sp³-hybridized carbons (Fsp3) is 0.760. The van der Waals surface area contributed by atoms with Gasteiger partial charge in [-0.2, -0.15) is 0 Å².